The molecule has 0 saturated carbocycles. The molecule has 30 heavy (non-hydrogen) atoms. The van der Waals surface area contributed by atoms with E-state index in [0.29, 0.717) is 29.9 Å². The normalized spacial score (nSPS) is 16.0. The van der Waals surface area contributed by atoms with Gasteiger partial charge in [-0.3, -0.25) is 4.79 Å². The van der Waals surface area contributed by atoms with Crippen LogP contribution in [0.25, 0.3) is 4.96 Å². The molecule has 8 heteroatoms. The molecule has 7 nitrogen and oxygen atoms in total. The molecule has 160 valence electrons. The number of hydrogen-bond donors (Lipinski definition) is 1. The molecule has 1 N–H and O–H groups in total. The van der Waals surface area contributed by atoms with Crippen LogP contribution in [0.2, 0.25) is 0 Å². The lowest BCUT2D eigenvalue weighted by Crippen LogP contribution is -2.40. The van der Waals surface area contributed by atoms with Gasteiger partial charge in [0, 0.05) is 42.5 Å². The second-order valence-corrected chi connectivity index (χ2v) is 8.84. The maximum atomic E-state index is 12.4. The molecule has 3 aromatic rings. The van der Waals surface area contributed by atoms with Crippen molar-refractivity contribution in [3.05, 3.63) is 51.4 Å². The molecule has 2 aromatic heterocycles. The Kier molecular flexibility index (Phi) is 6.06. The Bertz CT molecular complexity index is 1090. The second-order valence-electron chi connectivity index (χ2n) is 7.89. The van der Waals surface area contributed by atoms with E-state index in [0.717, 1.165) is 37.1 Å². The van der Waals surface area contributed by atoms with Crippen LogP contribution in [0.1, 0.15) is 43.0 Å². The van der Waals surface area contributed by atoms with Crippen LogP contribution in [-0.2, 0) is 16.6 Å². The Morgan fingerprint density at radius 1 is 1.30 bits per heavy atom. The second kappa shape index (κ2) is 8.73. The fourth-order valence-corrected chi connectivity index (χ4v) is 4.92. The van der Waals surface area contributed by atoms with Crippen LogP contribution in [-0.4, -0.2) is 41.5 Å². The van der Waals surface area contributed by atoms with Crippen LogP contribution in [0.3, 0.4) is 0 Å². The first kappa shape index (κ1) is 20.8. The zero-order chi connectivity index (χ0) is 21.1. The minimum absolute atomic E-state index is 0.126. The van der Waals surface area contributed by atoms with Crippen molar-refractivity contribution in [3.8, 4) is 5.75 Å². The van der Waals surface area contributed by atoms with Crippen molar-refractivity contribution < 1.29 is 9.47 Å². The quantitative estimate of drug-likeness (QED) is 0.620. The Hall–Kier alpha value is -2.45. The van der Waals surface area contributed by atoms with E-state index >= 15 is 0 Å². The fraction of sp³-hybridized carbons (Fsp3) is 0.500. The van der Waals surface area contributed by atoms with Crippen LogP contribution in [0, 0.1) is 6.92 Å². The van der Waals surface area contributed by atoms with Crippen LogP contribution in [0.5, 0.6) is 5.75 Å². The lowest BCUT2D eigenvalue weighted by Gasteiger charge is -2.38. The molecule has 0 spiro atoms. The third-order valence-corrected chi connectivity index (χ3v) is 6.62. The summed E-state index contributed by atoms with van der Waals surface area (Å²) >= 11 is 1.41. The maximum absolute atomic E-state index is 12.4. The predicted octanol–water partition coefficient (Wildman–Crippen LogP) is 3.58. The average Bonchev–Trinajstić information content (AvgIpc) is 3.17. The zero-order valence-electron chi connectivity index (χ0n) is 17.7. The molecule has 1 saturated heterocycles. The number of benzene rings is 1. The Morgan fingerprint density at radius 2 is 2.10 bits per heavy atom. The number of nitrogens with one attached hydrogen (secondary N) is 1. The van der Waals surface area contributed by atoms with Crippen LogP contribution >= 0.6 is 11.3 Å². The van der Waals surface area contributed by atoms with Crippen molar-refractivity contribution in [2.24, 2.45) is 0 Å². The van der Waals surface area contributed by atoms with E-state index in [1.807, 2.05) is 6.07 Å². The number of hydrogen-bond acceptors (Lipinski definition) is 7. The molecule has 1 aromatic carbocycles. The average molecular weight is 429 g/mol. The highest BCUT2D eigenvalue weighted by molar-refractivity contribution is 7.20. The first-order valence-corrected chi connectivity index (χ1v) is 11.2. The van der Waals surface area contributed by atoms with Gasteiger partial charge in [0.1, 0.15) is 5.75 Å². The van der Waals surface area contributed by atoms with Crippen molar-refractivity contribution >= 4 is 21.4 Å². The molecule has 3 heterocycles. The van der Waals surface area contributed by atoms with Gasteiger partial charge in [0.25, 0.3) is 5.56 Å². The van der Waals surface area contributed by atoms with E-state index in [1.54, 1.807) is 13.2 Å². The maximum Gasteiger partial charge on any atom is 0.275 e. The van der Waals surface area contributed by atoms with E-state index in [4.69, 9.17) is 9.47 Å². The van der Waals surface area contributed by atoms with Gasteiger partial charge in [0.05, 0.1) is 7.11 Å². The third-order valence-electron chi connectivity index (χ3n) is 5.76. The van der Waals surface area contributed by atoms with Crippen molar-refractivity contribution in [2.75, 3.05) is 32.2 Å². The van der Waals surface area contributed by atoms with Gasteiger partial charge < -0.3 is 14.8 Å². The lowest BCUT2D eigenvalue weighted by molar-refractivity contribution is 0.0535. The van der Waals surface area contributed by atoms with Gasteiger partial charge in [-0.2, -0.15) is 4.52 Å². The summed E-state index contributed by atoms with van der Waals surface area (Å²) in [7, 11) is 1.72. The highest BCUT2D eigenvalue weighted by Gasteiger charge is 2.37. The Balaban J connectivity index is 1.65. The first-order valence-electron chi connectivity index (χ1n) is 10.4. The molecule has 0 atom stereocenters. The molecule has 0 amide bonds. The van der Waals surface area contributed by atoms with Crippen LogP contribution in [0.4, 0.5) is 5.13 Å². The fourth-order valence-electron chi connectivity index (χ4n) is 4.10. The van der Waals surface area contributed by atoms with Crippen molar-refractivity contribution in [3.63, 3.8) is 0 Å². The number of fused-ring (bicyclic) bond motifs is 1. The molecule has 1 aliphatic heterocycles. The van der Waals surface area contributed by atoms with E-state index in [2.05, 4.69) is 41.4 Å². The number of aryl methyl sites for hydroxylation is 2. The van der Waals surface area contributed by atoms with Gasteiger partial charge >= 0.3 is 0 Å². The van der Waals surface area contributed by atoms with Gasteiger partial charge in [-0.15, -0.1) is 5.10 Å². The van der Waals surface area contributed by atoms with Gasteiger partial charge in [-0.1, -0.05) is 42.4 Å². The highest BCUT2D eigenvalue weighted by Crippen LogP contribution is 2.40. The summed E-state index contributed by atoms with van der Waals surface area (Å²) in [6, 6.07) is 7.91. The van der Waals surface area contributed by atoms with Gasteiger partial charge in [0.2, 0.25) is 10.1 Å². The predicted molar refractivity (Wildman–Crippen MR) is 119 cm³/mol. The summed E-state index contributed by atoms with van der Waals surface area (Å²) in [5.41, 5.74) is 2.97. The number of nitrogens with zero attached hydrogens (tertiary/aromatic N) is 3. The summed E-state index contributed by atoms with van der Waals surface area (Å²) in [5, 5.41) is 8.66. The molecule has 0 aliphatic carbocycles. The van der Waals surface area contributed by atoms with E-state index < -0.39 is 0 Å². The number of methoxy groups -OCH3 is 1. The number of anilines is 1. The summed E-state index contributed by atoms with van der Waals surface area (Å²) in [5.74, 6) is 0.899. The highest BCUT2D eigenvalue weighted by atomic mass is 32.1. The third kappa shape index (κ3) is 4.06. The minimum Gasteiger partial charge on any atom is -0.496 e. The topological polar surface area (TPSA) is 77.8 Å². The van der Waals surface area contributed by atoms with Crippen molar-refractivity contribution in [1.82, 2.24) is 14.6 Å². The number of rotatable bonds is 7. The summed E-state index contributed by atoms with van der Waals surface area (Å²) < 4.78 is 12.7. The van der Waals surface area contributed by atoms with Crippen LogP contribution in [0.15, 0.2) is 29.1 Å². The number of aromatic nitrogens is 3. The monoisotopic (exact) mass is 428 g/mol. The van der Waals surface area contributed by atoms with Crippen molar-refractivity contribution in [2.45, 2.75) is 44.9 Å². The van der Waals surface area contributed by atoms with Crippen molar-refractivity contribution in [1.29, 1.82) is 0 Å². The minimum atomic E-state index is -0.131. The zero-order valence-corrected chi connectivity index (χ0v) is 18.6. The lowest BCUT2D eigenvalue weighted by atomic mass is 9.73. The molecular formula is C22H28N4O3S. The van der Waals surface area contributed by atoms with E-state index in [-0.39, 0.29) is 11.0 Å². The van der Waals surface area contributed by atoms with E-state index in [1.165, 1.54) is 27.0 Å². The smallest absolute Gasteiger partial charge is 0.275 e. The molecule has 0 unspecified atom stereocenters. The SMILES string of the molecule is CCCc1cc(=O)n2nc(NCC3(c4cc(C)ccc4OC)CCOCC3)sc2n1. The standard InChI is InChI=1S/C22H28N4O3S/c1-4-5-16-13-19(27)26-21(24-16)30-20(25-26)23-14-22(8-10-29-11-9-22)17-12-15(2)6-7-18(17)28-3/h6-7,12-13H,4-5,8-11,14H2,1-3H3,(H,23,25). The summed E-state index contributed by atoms with van der Waals surface area (Å²) in [6.45, 7) is 6.28. The Labute approximate surface area is 180 Å². The molecule has 1 fully saturated rings. The molecule has 4 rings (SSSR count). The van der Waals surface area contributed by atoms with Gasteiger partial charge in [-0.05, 0) is 32.3 Å². The van der Waals surface area contributed by atoms with Gasteiger partial charge in [-0.25, -0.2) is 4.98 Å². The van der Waals surface area contributed by atoms with Gasteiger partial charge in [0.15, 0.2) is 0 Å². The first-order chi connectivity index (χ1) is 14.5. The molecular weight excluding hydrogens is 400 g/mol. The molecule has 0 bridgehead atoms. The Morgan fingerprint density at radius 3 is 2.83 bits per heavy atom. The van der Waals surface area contributed by atoms with E-state index in [9.17, 15) is 4.79 Å². The summed E-state index contributed by atoms with van der Waals surface area (Å²) in [4.78, 5) is 17.6. The largest absolute Gasteiger partial charge is 0.496 e. The molecule has 0 radical (unpaired) electrons. The summed E-state index contributed by atoms with van der Waals surface area (Å²) in [6.07, 6.45) is 3.53. The number of ether oxygens (including phenoxy) is 2. The van der Waals surface area contributed by atoms with Crippen LogP contribution < -0.4 is 15.6 Å². The molecule has 1 aliphatic rings.